The Balaban J connectivity index is 3.38. The molecular formula is C10H7Br. The monoisotopic (exact) mass is 206 g/mol. The highest BCUT2D eigenvalue weighted by molar-refractivity contribution is 9.10. The number of terminal acetylenes is 1. The molecule has 1 heteroatoms. The summed E-state index contributed by atoms with van der Waals surface area (Å²) in [5, 5.41) is 0. The second kappa shape index (κ2) is 3.41. The fraction of sp³-hybridized carbons (Fsp3) is 0. The van der Waals surface area contributed by atoms with Crippen LogP contribution in [0.3, 0.4) is 0 Å². The summed E-state index contributed by atoms with van der Waals surface area (Å²) in [6, 6.07) is 5.79. The van der Waals surface area contributed by atoms with E-state index in [1.54, 1.807) is 6.08 Å². The van der Waals surface area contributed by atoms with Gasteiger partial charge in [-0.05, 0) is 27.6 Å². The lowest BCUT2D eigenvalue weighted by Gasteiger charge is -1.99. The van der Waals surface area contributed by atoms with Gasteiger partial charge >= 0.3 is 0 Å². The lowest BCUT2D eigenvalue weighted by molar-refractivity contribution is 1.55. The van der Waals surface area contributed by atoms with E-state index in [2.05, 4.69) is 28.4 Å². The molecule has 0 aromatic heterocycles. The van der Waals surface area contributed by atoms with Crippen LogP contribution in [0.25, 0.3) is 6.08 Å². The van der Waals surface area contributed by atoms with Gasteiger partial charge in [-0.3, -0.25) is 0 Å². The van der Waals surface area contributed by atoms with Crippen LogP contribution in [-0.2, 0) is 0 Å². The van der Waals surface area contributed by atoms with Crippen molar-refractivity contribution in [3.05, 3.63) is 40.4 Å². The Labute approximate surface area is 75.1 Å². The number of halogens is 1. The van der Waals surface area contributed by atoms with Gasteiger partial charge < -0.3 is 0 Å². The number of rotatable bonds is 1. The SMILES string of the molecule is C#Cc1c(Br)cccc1C=C. The predicted octanol–water partition coefficient (Wildman–Crippen LogP) is 3.07. The fourth-order valence-corrected chi connectivity index (χ4v) is 1.36. The van der Waals surface area contributed by atoms with E-state index in [1.165, 1.54) is 0 Å². The van der Waals surface area contributed by atoms with E-state index < -0.39 is 0 Å². The smallest absolute Gasteiger partial charge is 0.0456 e. The zero-order valence-corrected chi connectivity index (χ0v) is 7.56. The Morgan fingerprint density at radius 2 is 2.27 bits per heavy atom. The number of hydrogen-bond donors (Lipinski definition) is 0. The van der Waals surface area contributed by atoms with Crippen LogP contribution in [0.2, 0.25) is 0 Å². The first-order valence-electron chi connectivity index (χ1n) is 3.17. The van der Waals surface area contributed by atoms with Gasteiger partial charge in [0, 0.05) is 10.0 Å². The van der Waals surface area contributed by atoms with Gasteiger partial charge in [-0.2, -0.15) is 0 Å². The normalized spacial score (nSPS) is 8.73. The topological polar surface area (TPSA) is 0 Å². The second-order valence-electron chi connectivity index (χ2n) is 2.05. The molecule has 0 atom stereocenters. The van der Waals surface area contributed by atoms with E-state index in [9.17, 15) is 0 Å². The van der Waals surface area contributed by atoms with Gasteiger partial charge in [-0.25, -0.2) is 0 Å². The van der Waals surface area contributed by atoms with Crippen molar-refractivity contribution in [2.75, 3.05) is 0 Å². The van der Waals surface area contributed by atoms with Gasteiger partial charge in [0.25, 0.3) is 0 Å². The van der Waals surface area contributed by atoms with Crippen LogP contribution in [0.5, 0.6) is 0 Å². The third kappa shape index (κ3) is 1.53. The molecule has 0 amide bonds. The Bertz CT molecular complexity index is 318. The summed E-state index contributed by atoms with van der Waals surface area (Å²) in [7, 11) is 0. The van der Waals surface area contributed by atoms with Gasteiger partial charge in [0.2, 0.25) is 0 Å². The molecule has 1 aromatic rings. The molecule has 0 saturated heterocycles. The maximum absolute atomic E-state index is 5.30. The molecule has 0 nitrogen and oxygen atoms in total. The van der Waals surface area contributed by atoms with Crippen molar-refractivity contribution in [3.8, 4) is 12.3 Å². The lowest BCUT2D eigenvalue weighted by Crippen LogP contribution is -1.81. The third-order valence-corrected chi connectivity index (χ3v) is 2.07. The first kappa shape index (κ1) is 8.10. The van der Waals surface area contributed by atoms with Crippen molar-refractivity contribution < 1.29 is 0 Å². The molecule has 0 aliphatic heterocycles. The maximum atomic E-state index is 5.30. The Morgan fingerprint density at radius 3 is 2.73 bits per heavy atom. The van der Waals surface area contributed by atoms with E-state index >= 15 is 0 Å². The molecule has 0 fully saturated rings. The summed E-state index contributed by atoms with van der Waals surface area (Å²) in [5.41, 5.74) is 1.85. The van der Waals surface area contributed by atoms with Crippen molar-refractivity contribution in [2.45, 2.75) is 0 Å². The van der Waals surface area contributed by atoms with E-state index in [-0.39, 0.29) is 0 Å². The van der Waals surface area contributed by atoms with Gasteiger partial charge in [0.15, 0.2) is 0 Å². The Morgan fingerprint density at radius 1 is 1.55 bits per heavy atom. The molecule has 0 aliphatic carbocycles. The van der Waals surface area contributed by atoms with E-state index in [0.717, 1.165) is 15.6 Å². The molecule has 0 heterocycles. The van der Waals surface area contributed by atoms with Gasteiger partial charge in [0.05, 0.1) is 0 Å². The molecule has 0 saturated carbocycles. The molecule has 1 rings (SSSR count). The molecular weight excluding hydrogens is 200 g/mol. The molecule has 1 aromatic carbocycles. The van der Waals surface area contributed by atoms with Crippen LogP contribution in [0.4, 0.5) is 0 Å². The summed E-state index contributed by atoms with van der Waals surface area (Å²) in [5.74, 6) is 2.60. The standard InChI is InChI=1S/C10H7Br/c1-3-8-6-5-7-10(11)9(8)4-2/h2-3,5-7H,1H2. The van der Waals surface area contributed by atoms with Gasteiger partial charge in [-0.15, -0.1) is 6.42 Å². The van der Waals surface area contributed by atoms with E-state index in [1.807, 2.05) is 18.2 Å². The average Bonchev–Trinajstić information content (AvgIpc) is 2.04. The first-order valence-corrected chi connectivity index (χ1v) is 3.96. The van der Waals surface area contributed by atoms with Gasteiger partial charge in [-0.1, -0.05) is 30.7 Å². The molecule has 0 aliphatic rings. The molecule has 11 heavy (non-hydrogen) atoms. The fourth-order valence-electron chi connectivity index (χ4n) is 0.863. The molecule has 0 bridgehead atoms. The van der Waals surface area contributed by atoms with Crippen molar-refractivity contribution >= 4 is 22.0 Å². The molecule has 0 N–H and O–H groups in total. The van der Waals surface area contributed by atoms with Gasteiger partial charge in [0.1, 0.15) is 0 Å². The van der Waals surface area contributed by atoms with Crippen molar-refractivity contribution in [1.29, 1.82) is 0 Å². The van der Waals surface area contributed by atoms with Crippen LogP contribution in [0, 0.1) is 12.3 Å². The summed E-state index contributed by atoms with van der Waals surface area (Å²) in [4.78, 5) is 0. The Hall–Kier alpha value is -1.00. The first-order chi connectivity index (χ1) is 5.29. The third-order valence-electron chi connectivity index (χ3n) is 1.41. The van der Waals surface area contributed by atoms with Crippen LogP contribution < -0.4 is 0 Å². The van der Waals surface area contributed by atoms with Crippen LogP contribution >= 0.6 is 15.9 Å². The largest absolute Gasteiger partial charge is 0.115 e. The highest BCUT2D eigenvalue weighted by Gasteiger charge is 1.98. The Kier molecular flexibility index (Phi) is 2.51. The lowest BCUT2D eigenvalue weighted by atomic mass is 10.1. The molecule has 0 radical (unpaired) electrons. The van der Waals surface area contributed by atoms with E-state index in [0.29, 0.717) is 0 Å². The summed E-state index contributed by atoms with van der Waals surface area (Å²) < 4.78 is 0.942. The number of benzene rings is 1. The molecule has 0 spiro atoms. The van der Waals surface area contributed by atoms with E-state index in [4.69, 9.17) is 6.42 Å². The van der Waals surface area contributed by atoms with Crippen LogP contribution in [0.1, 0.15) is 11.1 Å². The van der Waals surface area contributed by atoms with Crippen molar-refractivity contribution in [2.24, 2.45) is 0 Å². The summed E-state index contributed by atoms with van der Waals surface area (Å²) >= 11 is 3.36. The molecule has 0 unspecified atom stereocenters. The van der Waals surface area contributed by atoms with Crippen molar-refractivity contribution in [1.82, 2.24) is 0 Å². The van der Waals surface area contributed by atoms with Crippen LogP contribution in [0.15, 0.2) is 29.3 Å². The van der Waals surface area contributed by atoms with Crippen LogP contribution in [-0.4, -0.2) is 0 Å². The zero-order valence-electron chi connectivity index (χ0n) is 5.97. The molecule has 54 valence electrons. The second-order valence-corrected chi connectivity index (χ2v) is 2.91. The zero-order chi connectivity index (χ0) is 8.27. The average molecular weight is 207 g/mol. The quantitative estimate of drug-likeness (QED) is 0.620. The number of hydrogen-bond acceptors (Lipinski definition) is 0. The minimum absolute atomic E-state index is 0.863. The maximum Gasteiger partial charge on any atom is 0.0456 e. The highest BCUT2D eigenvalue weighted by atomic mass is 79.9. The van der Waals surface area contributed by atoms with Crippen molar-refractivity contribution in [3.63, 3.8) is 0 Å². The predicted molar refractivity (Wildman–Crippen MR) is 52.2 cm³/mol. The minimum atomic E-state index is 0.863. The summed E-state index contributed by atoms with van der Waals surface area (Å²) in [6.45, 7) is 3.66. The summed E-state index contributed by atoms with van der Waals surface area (Å²) in [6.07, 6.45) is 7.05. The highest BCUT2D eigenvalue weighted by Crippen LogP contribution is 2.19. The minimum Gasteiger partial charge on any atom is -0.115 e.